The lowest BCUT2D eigenvalue weighted by Crippen LogP contribution is -2.33. The highest BCUT2D eigenvalue weighted by Crippen LogP contribution is 2.21. The molecule has 9 heteroatoms. The number of hydrogen-bond acceptors (Lipinski definition) is 7. The van der Waals surface area contributed by atoms with E-state index in [0.717, 1.165) is 22.2 Å². The van der Waals surface area contributed by atoms with E-state index in [2.05, 4.69) is 32.5 Å². The zero-order valence-corrected chi connectivity index (χ0v) is 16.7. The quantitative estimate of drug-likeness (QED) is 0.310. The number of halogens is 1. The van der Waals surface area contributed by atoms with Crippen molar-refractivity contribution >= 4 is 28.8 Å². The number of anilines is 1. The summed E-state index contributed by atoms with van der Waals surface area (Å²) >= 11 is 0. The Morgan fingerprint density at radius 2 is 2.16 bits per heavy atom. The Kier molecular flexibility index (Phi) is 6.16. The van der Waals surface area contributed by atoms with Crippen LogP contribution >= 0.6 is 0 Å². The van der Waals surface area contributed by atoms with Crippen LogP contribution < -0.4 is 16.5 Å². The molecule has 0 fully saturated rings. The molecule has 0 amide bonds. The fourth-order valence-corrected chi connectivity index (χ4v) is 3.16. The number of nitrogens with zero attached hydrogens (tertiary/aromatic N) is 4. The predicted octanol–water partition coefficient (Wildman–Crippen LogP) is 2.95. The van der Waals surface area contributed by atoms with Gasteiger partial charge in [-0.2, -0.15) is 5.10 Å². The minimum atomic E-state index is -0.572. The van der Waals surface area contributed by atoms with Crippen molar-refractivity contribution in [3.8, 4) is 0 Å². The van der Waals surface area contributed by atoms with Crippen LogP contribution in [0.4, 0.5) is 10.1 Å². The second kappa shape index (κ2) is 9.33. The van der Waals surface area contributed by atoms with E-state index in [1.54, 1.807) is 24.5 Å². The van der Waals surface area contributed by atoms with Crippen LogP contribution in [-0.2, 0) is 11.4 Å². The SMILES string of the molecule is C=CCONC=C1C(Nc2ccc3c(cnn3Cc3cccc(F)c3)c2)=NC=NC1N. The molecule has 1 atom stereocenters. The van der Waals surface area contributed by atoms with Gasteiger partial charge in [-0.3, -0.25) is 15.0 Å². The van der Waals surface area contributed by atoms with Gasteiger partial charge in [0.05, 0.1) is 30.4 Å². The number of amidine groups is 1. The number of aliphatic imine (C=N–C) groups is 2. The van der Waals surface area contributed by atoms with Crippen LogP contribution in [0, 0.1) is 5.82 Å². The van der Waals surface area contributed by atoms with E-state index in [9.17, 15) is 4.39 Å². The molecule has 0 aliphatic carbocycles. The molecule has 2 heterocycles. The maximum absolute atomic E-state index is 13.5. The first-order valence-corrected chi connectivity index (χ1v) is 9.65. The summed E-state index contributed by atoms with van der Waals surface area (Å²) < 4.78 is 15.3. The molecule has 0 radical (unpaired) electrons. The van der Waals surface area contributed by atoms with E-state index in [4.69, 9.17) is 10.6 Å². The number of nitrogens with one attached hydrogen (secondary N) is 2. The van der Waals surface area contributed by atoms with Crippen molar-refractivity contribution in [1.29, 1.82) is 0 Å². The Bertz CT molecular complexity index is 1180. The zero-order valence-electron chi connectivity index (χ0n) is 16.7. The van der Waals surface area contributed by atoms with Gasteiger partial charge in [0, 0.05) is 17.3 Å². The predicted molar refractivity (Wildman–Crippen MR) is 120 cm³/mol. The number of nitrogens with two attached hydrogens (primary N) is 1. The van der Waals surface area contributed by atoms with E-state index >= 15 is 0 Å². The molecule has 8 nitrogen and oxygen atoms in total. The Morgan fingerprint density at radius 1 is 1.26 bits per heavy atom. The normalized spacial score (nSPS) is 17.0. The van der Waals surface area contributed by atoms with Crippen molar-refractivity contribution in [2.24, 2.45) is 15.7 Å². The Labute approximate surface area is 178 Å². The largest absolute Gasteiger partial charge is 0.340 e. The molecule has 158 valence electrons. The smallest absolute Gasteiger partial charge is 0.140 e. The summed E-state index contributed by atoms with van der Waals surface area (Å²) in [5.74, 6) is 0.299. The van der Waals surface area contributed by atoms with E-state index in [1.807, 2.05) is 28.9 Å². The molecular weight excluding hydrogens is 397 g/mol. The molecular formula is C22H22FN7O. The molecule has 31 heavy (non-hydrogen) atoms. The molecule has 4 rings (SSSR count). The average Bonchev–Trinajstić information content (AvgIpc) is 3.15. The molecule has 3 aromatic rings. The lowest BCUT2D eigenvalue weighted by Gasteiger charge is -2.19. The van der Waals surface area contributed by atoms with Gasteiger partial charge in [-0.25, -0.2) is 14.4 Å². The first-order valence-electron chi connectivity index (χ1n) is 9.65. The van der Waals surface area contributed by atoms with Gasteiger partial charge >= 0.3 is 0 Å². The lowest BCUT2D eigenvalue weighted by atomic mass is 10.1. The van der Waals surface area contributed by atoms with E-state index in [0.29, 0.717) is 24.6 Å². The molecule has 2 aromatic carbocycles. The molecule has 1 aromatic heterocycles. The molecule has 1 aliphatic rings. The Balaban J connectivity index is 1.52. The van der Waals surface area contributed by atoms with Gasteiger partial charge < -0.3 is 11.1 Å². The van der Waals surface area contributed by atoms with Crippen LogP contribution in [0.15, 0.2) is 83.1 Å². The van der Waals surface area contributed by atoms with Crippen LogP contribution in [-0.4, -0.2) is 34.7 Å². The fraction of sp³-hybridized carbons (Fsp3) is 0.136. The summed E-state index contributed by atoms with van der Waals surface area (Å²) in [6.45, 7) is 4.42. The average molecular weight is 419 g/mol. The summed E-state index contributed by atoms with van der Waals surface area (Å²) in [4.78, 5) is 13.6. The topological polar surface area (TPSA) is 102 Å². The molecule has 0 saturated carbocycles. The third-order valence-corrected chi connectivity index (χ3v) is 4.63. The monoisotopic (exact) mass is 419 g/mol. The first-order chi connectivity index (χ1) is 15.1. The molecule has 0 spiro atoms. The fourth-order valence-electron chi connectivity index (χ4n) is 3.16. The minimum absolute atomic E-state index is 0.260. The summed E-state index contributed by atoms with van der Waals surface area (Å²) in [5.41, 5.74) is 12.0. The van der Waals surface area contributed by atoms with Crippen molar-refractivity contribution in [3.05, 3.63) is 84.5 Å². The van der Waals surface area contributed by atoms with Crippen molar-refractivity contribution in [1.82, 2.24) is 15.3 Å². The highest BCUT2D eigenvalue weighted by atomic mass is 19.1. The maximum Gasteiger partial charge on any atom is 0.140 e. The van der Waals surface area contributed by atoms with Crippen LogP contribution in [0.2, 0.25) is 0 Å². The number of rotatable bonds is 7. The van der Waals surface area contributed by atoms with Gasteiger partial charge in [-0.05, 0) is 35.9 Å². The zero-order chi connectivity index (χ0) is 21.6. The summed E-state index contributed by atoms with van der Waals surface area (Å²) in [5, 5.41) is 8.65. The van der Waals surface area contributed by atoms with Gasteiger partial charge in [0.2, 0.25) is 0 Å². The van der Waals surface area contributed by atoms with Gasteiger partial charge in [0.15, 0.2) is 0 Å². The summed E-state index contributed by atoms with van der Waals surface area (Å²) in [6.07, 6.45) is 5.87. The van der Waals surface area contributed by atoms with E-state index < -0.39 is 6.17 Å². The van der Waals surface area contributed by atoms with Crippen LogP contribution in [0.5, 0.6) is 0 Å². The van der Waals surface area contributed by atoms with Crippen molar-refractivity contribution in [2.75, 3.05) is 11.9 Å². The molecule has 4 N–H and O–H groups in total. The van der Waals surface area contributed by atoms with Gasteiger partial charge in [-0.1, -0.05) is 18.2 Å². The van der Waals surface area contributed by atoms with Crippen LogP contribution in [0.25, 0.3) is 10.9 Å². The second-order valence-electron chi connectivity index (χ2n) is 6.84. The van der Waals surface area contributed by atoms with E-state index in [1.165, 1.54) is 18.5 Å². The van der Waals surface area contributed by atoms with Gasteiger partial charge in [-0.15, -0.1) is 6.58 Å². The highest BCUT2D eigenvalue weighted by molar-refractivity contribution is 6.12. The first kappa shape index (κ1) is 20.5. The van der Waals surface area contributed by atoms with Crippen molar-refractivity contribution < 1.29 is 9.23 Å². The molecule has 1 aliphatic heterocycles. The lowest BCUT2D eigenvalue weighted by molar-refractivity contribution is 0.0951. The molecule has 1 unspecified atom stereocenters. The third kappa shape index (κ3) is 4.85. The number of benzene rings is 2. The summed E-state index contributed by atoms with van der Waals surface area (Å²) in [6, 6.07) is 12.3. The van der Waals surface area contributed by atoms with E-state index in [-0.39, 0.29) is 5.82 Å². The maximum atomic E-state index is 13.5. The third-order valence-electron chi connectivity index (χ3n) is 4.63. The van der Waals surface area contributed by atoms with Gasteiger partial charge in [0.1, 0.15) is 24.2 Å². The Hall–Kier alpha value is -3.82. The number of hydrogen-bond donors (Lipinski definition) is 3. The number of fused-ring (bicyclic) bond motifs is 1. The highest BCUT2D eigenvalue weighted by Gasteiger charge is 2.18. The van der Waals surface area contributed by atoms with Gasteiger partial charge in [0.25, 0.3) is 0 Å². The van der Waals surface area contributed by atoms with Crippen LogP contribution in [0.1, 0.15) is 5.56 Å². The number of aromatic nitrogens is 2. The molecule has 0 saturated heterocycles. The number of hydroxylamine groups is 1. The molecule has 0 bridgehead atoms. The second-order valence-corrected chi connectivity index (χ2v) is 6.84. The van der Waals surface area contributed by atoms with Crippen molar-refractivity contribution in [3.63, 3.8) is 0 Å². The van der Waals surface area contributed by atoms with Crippen molar-refractivity contribution in [2.45, 2.75) is 12.7 Å². The Morgan fingerprint density at radius 3 is 3.00 bits per heavy atom. The van der Waals surface area contributed by atoms with Crippen LogP contribution in [0.3, 0.4) is 0 Å². The summed E-state index contributed by atoms with van der Waals surface area (Å²) in [7, 11) is 0. The standard InChI is InChI=1S/C22H22FN7O/c1-2-8-31-28-12-19-21(24)25-14-26-22(19)29-18-6-7-20-16(10-18)11-27-30(20)13-15-4-3-5-17(23)9-15/h2-7,9-12,14,21,28H,1,8,13,24H2,(H,25,26,29). The minimum Gasteiger partial charge on any atom is -0.340 e.